The lowest BCUT2D eigenvalue weighted by molar-refractivity contribution is -0.154. The molecular formula is C15H30O7Si. The fraction of sp³-hybridized carbons (Fsp3) is 0.867. The third-order valence-electron chi connectivity index (χ3n) is 2.93. The molecule has 0 radical (unpaired) electrons. The Morgan fingerprint density at radius 3 is 1.65 bits per heavy atom. The standard InChI is InChI=1S/C15H30O7Si/c1-6-18-14(16)11-13(15(17)19-7-2)12-23(20-8-3,21-9-4)22-10-5/h13H,6-12H2,1-5H3. The van der Waals surface area contributed by atoms with Crippen molar-refractivity contribution in [2.45, 2.75) is 47.1 Å². The molecule has 0 spiro atoms. The molecule has 0 aliphatic rings. The fourth-order valence-electron chi connectivity index (χ4n) is 2.18. The smallest absolute Gasteiger partial charge is 0.466 e. The number of hydrogen-bond acceptors (Lipinski definition) is 7. The van der Waals surface area contributed by atoms with Gasteiger partial charge in [-0.2, -0.15) is 0 Å². The highest BCUT2D eigenvalue weighted by Crippen LogP contribution is 2.25. The van der Waals surface area contributed by atoms with Gasteiger partial charge in [-0.25, -0.2) is 0 Å². The molecule has 0 amide bonds. The summed E-state index contributed by atoms with van der Waals surface area (Å²) in [5, 5.41) is 0. The molecule has 0 rings (SSSR count). The predicted molar refractivity (Wildman–Crippen MR) is 86.8 cm³/mol. The largest absolute Gasteiger partial charge is 0.501 e. The molecule has 23 heavy (non-hydrogen) atoms. The molecule has 0 N–H and O–H groups in total. The van der Waals surface area contributed by atoms with Gasteiger partial charge in [0.1, 0.15) is 0 Å². The third kappa shape index (κ3) is 8.45. The van der Waals surface area contributed by atoms with Crippen LogP contribution < -0.4 is 0 Å². The number of esters is 2. The zero-order chi connectivity index (χ0) is 17.7. The molecule has 1 unspecified atom stereocenters. The summed E-state index contributed by atoms with van der Waals surface area (Å²) in [6.45, 7) is 10.7. The van der Waals surface area contributed by atoms with Crippen molar-refractivity contribution in [1.29, 1.82) is 0 Å². The summed E-state index contributed by atoms with van der Waals surface area (Å²) in [6.07, 6.45) is -0.0748. The summed E-state index contributed by atoms with van der Waals surface area (Å²) in [7, 11) is -3.05. The van der Waals surface area contributed by atoms with E-state index in [0.29, 0.717) is 19.8 Å². The predicted octanol–water partition coefficient (Wildman–Crippen LogP) is 2.17. The topological polar surface area (TPSA) is 80.3 Å². The molecule has 0 bridgehead atoms. The highest BCUT2D eigenvalue weighted by Gasteiger charge is 2.45. The van der Waals surface area contributed by atoms with Crippen molar-refractivity contribution in [2.75, 3.05) is 33.0 Å². The maximum Gasteiger partial charge on any atom is 0.501 e. The molecule has 0 saturated carbocycles. The zero-order valence-electron chi connectivity index (χ0n) is 14.9. The second-order valence-electron chi connectivity index (χ2n) is 4.64. The average molecular weight is 350 g/mol. The van der Waals surface area contributed by atoms with Crippen LogP contribution >= 0.6 is 0 Å². The summed E-state index contributed by atoms with van der Waals surface area (Å²) in [6, 6.07) is 0.195. The Hall–Kier alpha value is -0.963. The van der Waals surface area contributed by atoms with E-state index in [1.54, 1.807) is 13.8 Å². The van der Waals surface area contributed by atoms with Gasteiger partial charge in [-0.3, -0.25) is 9.59 Å². The molecule has 1 atom stereocenters. The summed E-state index contributed by atoms with van der Waals surface area (Å²) < 4.78 is 27.2. The van der Waals surface area contributed by atoms with E-state index in [1.165, 1.54) is 0 Å². The van der Waals surface area contributed by atoms with E-state index in [0.717, 1.165) is 0 Å². The quantitative estimate of drug-likeness (QED) is 0.372. The van der Waals surface area contributed by atoms with Crippen LogP contribution in [0.4, 0.5) is 0 Å². The van der Waals surface area contributed by atoms with E-state index >= 15 is 0 Å². The number of hydrogen-bond donors (Lipinski definition) is 0. The minimum Gasteiger partial charge on any atom is -0.466 e. The second-order valence-corrected chi connectivity index (χ2v) is 7.28. The van der Waals surface area contributed by atoms with Crippen molar-refractivity contribution in [3.8, 4) is 0 Å². The molecular weight excluding hydrogens is 320 g/mol. The fourth-order valence-corrected chi connectivity index (χ4v) is 5.02. The number of carbonyl (C=O) groups is 2. The molecule has 0 aromatic rings. The molecule has 0 aliphatic heterocycles. The van der Waals surface area contributed by atoms with Crippen LogP contribution in [0.25, 0.3) is 0 Å². The van der Waals surface area contributed by atoms with Gasteiger partial charge in [0.05, 0.1) is 25.6 Å². The molecule has 0 heterocycles. The first kappa shape index (κ1) is 22.0. The first-order valence-corrected chi connectivity index (χ1v) is 10.2. The highest BCUT2D eigenvalue weighted by molar-refractivity contribution is 6.61. The van der Waals surface area contributed by atoms with Gasteiger partial charge in [0.25, 0.3) is 0 Å². The van der Waals surface area contributed by atoms with Crippen molar-refractivity contribution in [3.05, 3.63) is 0 Å². The van der Waals surface area contributed by atoms with Gasteiger partial charge < -0.3 is 22.8 Å². The number of rotatable bonds is 13. The van der Waals surface area contributed by atoms with Gasteiger partial charge in [0.2, 0.25) is 0 Å². The van der Waals surface area contributed by atoms with Crippen LogP contribution in [0, 0.1) is 5.92 Å². The van der Waals surface area contributed by atoms with Crippen molar-refractivity contribution in [3.63, 3.8) is 0 Å². The lowest BCUT2D eigenvalue weighted by atomic mass is 10.1. The van der Waals surface area contributed by atoms with Crippen LogP contribution in [-0.2, 0) is 32.3 Å². The van der Waals surface area contributed by atoms with Crippen molar-refractivity contribution in [2.24, 2.45) is 5.92 Å². The Balaban J connectivity index is 5.22. The first-order valence-electron chi connectivity index (χ1n) is 8.22. The summed E-state index contributed by atoms with van der Waals surface area (Å²) in [5.41, 5.74) is 0. The molecule has 0 aliphatic carbocycles. The van der Waals surface area contributed by atoms with Gasteiger partial charge in [-0.1, -0.05) is 0 Å². The van der Waals surface area contributed by atoms with Crippen LogP contribution in [0.5, 0.6) is 0 Å². The summed E-state index contributed by atoms with van der Waals surface area (Å²) in [5.74, 6) is -1.61. The maximum absolute atomic E-state index is 12.2. The van der Waals surface area contributed by atoms with E-state index in [4.69, 9.17) is 22.8 Å². The Morgan fingerprint density at radius 1 is 0.783 bits per heavy atom. The van der Waals surface area contributed by atoms with Crippen LogP contribution in [0.2, 0.25) is 6.04 Å². The minimum absolute atomic E-state index is 0.0748. The SMILES string of the molecule is CCOC(=O)CC(C[Si](OCC)(OCC)OCC)C(=O)OCC. The first-order chi connectivity index (χ1) is 11.0. The highest BCUT2D eigenvalue weighted by atomic mass is 28.4. The van der Waals surface area contributed by atoms with E-state index < -0.39 is 26.7 Å². The van der Waals surface area contributed by atoms with E-state index in [9.17, 15) is 9.59 Å². The van der Waals surface area contributed by atoms with Crippen LogP contribution in [0.3, 0.4) is 0 Å². The molecule has 8 heteroatoms. The zero-order valence-corrected chi connectivity index (χ0v) is 15.9. The Labute approximate surface area is 139 Å². The van der Waals surface area contributed by atoms with Crippen molar-refractivity contribution in [1.82, 2.24) is 0 Å². The van der Waals surface area contributed by atoms with E-state index in [2.05, 4.69) is 0 Å². The lowest BCUT2D eigenvalue weighted by Gasteiger charge is -2.30. The third-order valence-corrected chi connectivity index (χ3v) is 6.11. The van der Waals surface area contributed by atoms with Gasteiger partial charge in [-0.05, 0) is 34.6 Å². The average Bonchev–Trinajstić information content (AvgIpc) is 2.48. The van der Waals surface area contributed by atoms with Crippen molar-refractivity contribution >= 4 is 20.7 Å². The van der Waals surface area contributed by atoms with E-state index in [1.807, 2.05) is 20.8 Å². The summed E-state index contributed by atoms with van der Waals surface area (Å²) in [4.78, 5) is 24.0. The van der Waals surface area contributed by atoms with Crippen LogP contribution in [0.1, 0.15) is 41.0 Å². The second kappa shape index (κ2) is 12.5. The Morgan fingerprint density at radius 2 is 1.26 bits per heavy atom. The molecule has 0 saturated heterocycles. The number of ether oxygens (including phenoxy) is 2. The molecule has 0 aromatic carbocycles. The normalized spacial score (nSPS) is 12.7. The summed E-state index contributed by atoms with van der Waals surface area (Å²) >= 11 is 0. The monoisotopic (exact) mass is 350 g/mol. The minimum atomic E-state index is -3.05. The number of carbonyl (C=O) groups excluding carboxylic acids is 2. The van der Waals surface area contributed by atoms with Gasteiger partial charge in [-0.15, -0.1) is 0 Å². The van der Waals surface area contributed by atoms with E-state index in [-0.39, 0.29) is 25.7 Å². The Bertz CT molecular complexity index is 332. The van der Waals surface area contributed by atoms with Gasteiger partial charge in [0, 0.05) is 25.9 Å². The van der Waals surface area contributed by atoms with Crippen LogP contribution in [-0.4, -0.2) is 53.8 Å². The maximum atomic E-state index is 12.2. The van der Waals surface area contributed by atoms with Gasteiger partial charge in [0.15, 0.2) is 0 Å². The van der Waals surface area contributed by atoms with Crippen LogP contribution in [0.15, 0.2) is 0 Å². The van der Waals surface area contributed by atoms with Crippen molar-refractivity contribution < 1.29 is 32.3 Å². The van der Waals surface area contributed by atoms with Gasteiger partial charge >= 0.3 is 20.7 Å². The lowest BCUT2D eigenvalue weighted by Crippen LogP contribution is -2.48. The Kier molecular flexibility index (Phi) is 11.9. The molecule has 136 valence electrons. The molecule has 0 fully saturated rings. The molecule has 0 aromatic heterocycles. The molecule has 7 nitrogen and oxygen atoms in total.